The molecule has 1 heteroatoms. The minimum absolute atomic E-state index is 0.0955. The number of hydrogen-bond acceptors (Lipinski definition) is 1. The van der Waals surface area contributed by atoms with E-state index in [-0.39, 0.29) is 6.61 Å². The molecule has 1 aromatic rings. The van der Waals surface area contributed by atoms with Gasteiger partial charge in [0.15, 0.2) is 0 Å². The van der Waals surface area contributed by atoms with E-state index in [1.54, 1.807) is 0 Å². The highest BCUT2D eigenvalue weighted by molar-refractivity contribution is 5.37. The summed E-state index contributed by atoms with van der Waals surface area (Å²) in [7, 11) is 0. The Bertz CT molecular complexity index is 265. The molecule has 0 heterocycles. The summed E-state index contributed by atoms with van der Waals surface area (Å²) in [5.41, 5.74) is 2.06. The molecule has 0 fully saturated rings. The first-order valence-corrected chi connectivity index (χ1v) is 3.94. The molecule has 1 N–H and O–H groups in total. The molecular formula is C11H13O. The maximum absolute atomic E-state index is 8.88. The van der Waals surface area contributed by atoms with E-state index in [0.717, 1.165) is 17.0 Å². The minimum Gasteiger partial charge on any atom is -0.392 e. The minimum atomic E-state index is 0.0955. The van der Waals surface area contributed by atoms with Crippen LogP contribution in [0.25, 0.3) is 0 Å². The van der Waals surface area contributed by atoms with Crippen molar-refractivity contribution >= 4 is 0 Å². The van der Waals surface area contributed by atoms with Crippen LogP contribution in [0.15, 0.2) is 36.9 Å². The van der Waals surface area contributed by atoms with Crippen LogP contribution in [-0.2, 0) is 6.61 Å². The summed E-state index contributed by atoms with van der Waals surface area (Å²) in [6.07, 6.45) is 1.82. The molecule has 1 radical (unpaired) electrons. The van der Waals surface area contributed by atoms with Crippen LogP contribution in [-0.4, -0.2) is 5.11 Å². The monoisotopic (exact) mass is 161 g/mol. The zero-order chi connectivity index (χ0) is 8.97. The topological polar surface area (TPSA) is 20.2 Å². The molecule has 0 saturated heterocycles. The predicted octanol–water partition coefficient (Wildman–Crippen LogP) is 2.31. The number of aliphatic hydroxyl groups excluding tert-OH is 1. The lowest BCUT2D eigenvalue weighted by molar-refractivity contribution is 0.282. The van der Waals surface area contributed by atoms with Gasteiger partial charge in [-0.15, -0.1) is 6.58 Å². The summed E-state index contributed by atoms with van der Waals surface area (Å²) in [6.45, 7) is 5.79. The average molecular weight is 161 g/mol. The van der Waals surface area contributed by atoms with Gasteiger partial charge in [0.1, 0.15) is 0 Å². The van der Waals surface area contributed by atoms with Gasteiger partial charge >= 0.3 is 0 Å². The molecule has 1 rings (SSSR count). The Labute approximate surface area is 73.4 Å². The average Bonchev–Trinajstić information content (AvgIpc) is 2.17. The van der Waals surface area contributed by atoms with Crippen molar-refractivity contribution in [3.05, 3.63) is 54.0 Å². The first-order valence-electron chi connectivity index (χ1n) is 3.94. The molecule has 0 bridgehead atoms. The molecule has 0 atom stereocenters. The number of benzene rings is 1. The lowest BCUT2D eigenvalue weighted by Gasteiger charge is -2.06. The largest absolute Gasteiger partial charge is 0.392 e. The molecule has 1 nitrogen and oxygen atoms in total. The lowest BCUT2D eigenvalue weighted by Crippen LogP contribution is -1.91. The third-order valence-corrected chi connectivity index (χ3v) is 1.87. The maximum atomic E-state index is 8.88. The Morgan fingerprint density at radius 2 is 2.33 bits per heavy atom. The van der Waals surface area contributed by atoms with Crippen LogP contribution in [0.1, 0.15) is 18.1 Å². The van der Waals surface area contributed by atoms with Gasteiger partial charge in [0.2, 0.25) is 0 Å². The first-order chi connectivity index (χ1) is 5.77. The highest BCUT2D eigenvalue weighted by Gasteiger charge is 2.00. The van der Waals surface area contributed by atoms with Gasteiger partial charge in [0, 0.05) is 5.92 Å². The van der Waals surface area contributed by atoms with Crippen molar-refractivity contribution in [3.8, 4) is 0 Å². The van der Waals surface area contributed by atoms with Crippen molar-refractivity contribution in [2.24, 2.45) is 0 Å². The highest BCUT2D eigenvalue weighted by atomic mass is 16.3. The van der Waals surface area contributed by atoms with Crippen LogP contribution >= 0.6 is 0 Å². The SMILES string of the molecule is C=C[C](C)c1cccc(CO)c1. The van der Waals surface area contributed by atoms with E-state index in [2.05, 4.69) is 6.58 Å². The maximum Gasteiger partial charge on any atom is 0.0681 e. The van der Waals surface area contributed by atoms with Crippen molar-refractivity contribution in [2.75, 3.05) is 0 Å². The Kier molecular flexibility index (Phi) is 3.06. The molecule has 0 aromatic heterocycles. The summed E-state index contributed by atoms with van der Waals surface area (Å²) in [5.74, 6) is 1.13. The van der Waals surface area contributed by atoms with Crippen molar-refractivity contribution < 1.29 is 5.11 Å². The molecule has 0 aliphatic rings. The van der Waals surface area contributed by atoms with Crippen LogP contribution in [0.3, 0.4) is 0 Å². The van der Waals surface area contributed by atoms with Gasteiger partial charge in [0.25, 0.3) is 0 Å². The fourth-order valence-electron chi connectivity index (χ4n) is 1.03. The normalized spacial score (nSPS) is 10.2. The molecule has 0 aliphatic carbocycles. The van der Waals surface area contributed by atoms with Gasteiger partial charge in [-0.25, -0.2) is 0 Å². The fraction of sp³-hybridized carbons (Fsp3) is 0.182. The smallest absolute Gasteiger partial charge is 0.0681 e. The summed E-state index contributed by atoms with van der Waals surface area (Å²) < 4.78 is 0. The van der Waals surface area contributed by atoms with Crippen molar-refractivity contribution in [3.63, 3.8) is 0 Å². The summed E-state index contributed by atoms with van der Waals surface area (Å²) in [5, 5.41) is 8.88. The van der Waals surface area contributed by atoms with Crippen LogP contribution in [0, 0.1) is 5.92 Å². The number of rotatable bonds is 3. The van der Waals surface area contributed by atoms with Crippen LogP contribution in [0.2, 0.25) is 0 Å². The molecule has 0 amide bonds. The third-order valence-electron chi connectivity index (χ3n) is 1.87. The Hall–Kier alpha value is -1.08. The molecule has 1 aromatic carbocycles. The fourth-order valence-corrected chi connectivity index (χ4v) is 1.03. The molecule has 63 valence electrons. The van der Waals surface area contributed by atoms with E-state index >= 15 is 0 Å². The molecule has 0 spiro atoms. The van der Waals surface area contributed by atoms with E-state index in [1.807, 2.05) is 37.3 Å². The zero-order valence-corrected chi connectivity index (χ0v) is 7.25. The second-order valence-electron chi connectivity index (χ2n) is 2.75. The number of hydrogen-bond donors (Lipinski definition) is 1. The third kappa shape index (κ3) is 1.95. The molecule has 12 heavy (non-hydrogen) atoms. The molecular weight excluding hydrogens is 148 g/mol. The van der Waals surface area contributed by atoms with Crippen LogP contribution in [0.5, 0.6) is 0 Å². The summed E-state index contributed by atoms with van der Waals surface area (Å²) >= 11 is 0. The highest BCUT2D eigenvalue weighted by Crippen LogP contribution is 2.16. The zero-order valence-electron chi connectivity index (χ0n) is 7.25. The second kappa shape index (κ2) is 4.07. The molecule has 0 unspecified atom stereocenters. The van der Waals surface area contributed by atoms with Gasteiger partial charge in [-0.1, -0.05) is 37.3 Å². The van der Waals surface area contributed by atoms with Crippen molar-refractivity contribution in [1.82, 2.24) is 0 Å². The first kappa shape index (κ1) is 9.01. The lowest BCUT2D eigenvalue weighted by atomic mass is 10.00. The van der Waals surface area contributed by atoms with Crippen LogP contribution < -0.4 is 0 Å². The van der Waals surface area contributed by atoms with Gasteiger partial charge in [-0.2, -0.15) is 0 Å². The Morgan fingerprint density at radius 1 is 1.58 bits per heavy atom. The number of allylic oxidation sites excluding steroid dienone is 1. The van der Waals surface area contributed by atoms with E-state index < -0.39 is 0 Å². The van der Waals surface area contributed by atoms with Gasteiger partial charge in [-0.05, 0) is 11.1 Å². The van der Waals surface area contributed by atoms with E-state index in [9.17, 15) is 0 Å². The van der Waals surface area contributed by atoms with E-state index in [4.69, 9.17) is 5.11 Å². The van der Waals surface area contributed by atoms with Crippen LogP contribution in [0.4, 0.5) is 0 Å². The van der Waals surface area contributed by atoms with E-state index in [1.165, 1.54) is 0 Å². The second-order valence-corrected chi connectivity index (χ2v) is 2.75. The Balaban J connectivity index is 2.93. The van der Waals surface area contributed by atoms with Gasteiger partial charge in [0.05, 0.1) is 6.61 Å². The molecule has 0 aliphatic heterocycles. The van der Waals surface area contributed by atoms with E-state index in [0.29, 0.717) is 0 Å². The van der Waals surface area contributed by atoms with Gasteiger partial charge in [-0.3, -0.25) is 0 Å². The van der Waals surface area contributed by atoms with Crippen molar-refractivity contribution in [1.29, 1.82) is 0 Å². The van der Waals surface area contributed by atoms with Crippen molar-refractivity contribution in [2.45, 2.75) is 13.5 Å². The summed E-state index contributed by atoms with van der Waals surface area (Å²) in [6, 6.07) is 7.82. The molecule has 0 saturated carbocycles. The number of aliphatic hydroxyl groups is 1. The standard InChI is InChI=1S/C11H13O/c1-3-9(2)11-6-4-5-10(7-11)8-12/h3-7,12H,1,8H2,2H3. The Morgan fingerprint density at radius 3 is 2.92 bits per heavy atom. The predicted molar refractivity (Wildman–Crippen MR) is 50.6 cm³/mol. The van der Waals surface area contributed by atoms with Gasteiger partial charge < -0.3 is 5.11 Å². The summed E-state index contributed by atoms with van der Waals surface area (Å²) in [4.78, 5) is 0. The quantitative estimate of drug-likeness (QED) is 0.721.